The fraction of sp³-hybridized carbons (Fsp3) is 0.364. The van der Waals surface area contributed by atoms with Crippen LogP contribution in [-0.2, 0) is 0 Å². The lowest BCUT2D eigenvalue weighted by molar-refractivity contribution is 0.0947. The van der Waals surface area contributed by atoms with Crippen LogP contribution in [0.2, 0.25) is 0 Å². The predicted octanol–water partition coefficient (Wildman–Crippen LogP) is 1.43. The first kappa shape index (κ1) is 12.6. The third-order valence-corrected chi connectivity index (χ3v) is 2.08. The number of nitrogens with two attached hydrogens (primary N) is 1. The quantitative estimate of drug-likeness (QED) is 0.819. The number of hydrogen-bond acceptors (Lipinski definition) is 2. The van der Waals surface area contributed by atoms with Crippen molar-refractivity contribution in [2.75, 3.05) is 6.54 Å². The maximum Gasteiger partial charge on any atom is 0.254 e. The summed E-state index contributed by atoms with van der Waals surface area (Å²) in [7, 11) is 0. The Labute approximate surface area is 92.6 Å². The fourth-order valence-electron chi connectivity index (χ4n) is 1.19. The van der Waals surface area contributed by atoms with Gasteiger partial charge in [-0.2, -0.15) is 0 Å². The Hall–Kier alpha value is -1.49. The molecular formula is C11H14F2N2O. The monoisotopic (exact) mass is 228 g/mol. The molecule has 0 saturated heterocycles. The van der Waals surface area contributed by atoms with E-state index in [9.17, 15) is 13.6 Å². The van der Waals surface area contributed by atoms with Gasteiger partial charge in [0.15, 0.2) is 11.6 Å². The molecule has 3 N–H and O–H groups in total. The molecule has 0 aliphatic rings. The molecule has 0 fully saturated rings. The molecule has 0 saturated carbocycles. The van der Waals surface area contributed by atoms with Gasteiger partial charge in [-0.1, -0.05) is 6.07 Å². The zero-order valence-electron chi connectivity index (χ0n) is 8.97. The Morgan fingerprint density at radius 2 is 2.19 bits per heavy atom. The topological polar surface area (TPSA) is 55.1 Å². The van der Waals surface area contributed by atoms with Crippen LogP contribution < -0.4 is 11.1 Å². The lowest BCUT2D eigenvalue weighted by Gasteiger charge is -2.08. The van der Waals surface area contributed by atoms with E-state index in [4.69, 9.17) is 5.73 Å². The molecule has 0 heterocycles. The zero-order chi connectivity index (χ0) is 12.1. The molecule has 0 spiro atoms. The van der Waals surface area contributed by atoms with Gasteiger partial charge in [0.05, 0.1) is 5.56 Å². The van der Waals surface area contributed by atoms with Crippen LogP contribution in [0.1, 0.15) is 23.7 Å². The van der Waals surface area contributed by atoms with Crippen molar-refractivity contribution in [3.8, 4) is 0 Å². The van der Waals surface area contributed by atoms with Crippen molar-refractivity contribution in [2.24, 2.45) is 5.73 Å². The summed E-state index contributed by atoms with van der Waals surface area (Å²) in [4.78, 5) is 11.4. The van der Waals surface area contributed by atoms with Crippen molar-refractivity contribution in [3.05, 3.63) is 35.4 Å². The number of halogens is 2. The Morgan fingerprint density at radius 1 is 1.50 bits per heavy atom. The lowest BCUT2D eigenvalue weighted by Crippen LogP contribution is -2.29. The van der Waals surface area contributed by atoms with Gasteiger partial charge in [0, 0.05) is 12.6 Å². The fourth-order valence-corrected chi connectivity index (χ4v) is 1.19. The summed E-state index contributed by atoms with van der Waals surface area (Å²) in [5.41, 5.74) is 5.20. The van der Waals surface area contributed by atoms with Gasteiger partial charge in [0.25, 0.3) is 5.91 Å². The predicted molar refractivity (Wildman–Crippen MR) is 57.0 cm³/mol. The second-order valence-corrected chi connectivity index (χ2v) is 3.62. The molecule has 1 aromatic carbocycles. The summed E-state index contributed by atoms with van der Waals surface area (Å²) >= 11 is 0. The minimum absolute atomic E-state index is 0.0438. The molecule has 1 rings (SSSR count). The summed E-state index contributed by atoms with van der Waals surface area (Å²) in [5.74, 6) is -2.78. The van der Waals surface area contributed by atoms with E-state index < -0.39 is 17.5 Å². The number of rotatable bonds is 4. The van der Waals surface area contributed by atoms with E-state index in [1.165, 1.54) is 12.1 Å². The molecule has 1 amide bonds. The van der Waals surface area contributed by atoms with Crippen LogP contribution in [-0.4, -0.2) is 18.5 Å². The van der Waals surface area contributed by atoms with Gasteiger partial charge in [-0.3, -0.25) is 4.79 Å². The molecule has 3 nitrogen and oxygen atoms in total. The van der Waals surface area contributed by atoms with Crippen LogP contribution in [0.3, 0.4) is 0 Å². The van der Waals surface area contributed by atoms with Gasteiger partial charge in [0.1, 0.15) is 0 Å². The van der Waals surface area contributed by atoms with Gasteiger partial charge >= 0.3 is 0 Å². The molecule has 1 unspecified atom stereocenters. The number of carbonyl (C=O) groups excluding carboxylic acids is 1. The molecule has 5 heteroatoms. The van der Waals surface area contributed by atoms with E-state index in [-0.39, 0.29) is 11.6 Å². The number of nitrogens with one attached hydrogen (secondary N) is 1. The van der Waals surface area contributed by atoms with E-state index >= 15 is 0 Å². The Kier molecular flexibility index (Phi) is 4.37. The van der Waals surface area contributed by atoms with Gasteiger partial charge in [-0.25, -0.2) is 8.78 Å². The number of carbonyl (C=O) groups is 1. The number of hydrogen-bond donors (Lipinski definition) is 2. The Morgan fingerprint density at radius 3 is 2.81 bits per heavy atom. The maximum atomic E-state index is 13.2. The highest BCUT2D eigenvalue weighted by molar-refractivity contribution is 5.94. The van der Waals surface area contributed by atoms with Crippen molar-refractivity contribution < 1.29 is 13.6 Å². The summed E-state index contributed by atoms with van der Waals surface area (Å²) < 4.78 is 26.0. The van der Waals surface area contributed by atoms with E-state index in [0.29, 0.717) is 13.0 Å². The SMILES string of the molecule is CC(N)CCNC(=O)c1cccc(F)c1F. The summed E-state index contributed by atoms with van der Waals surface area (Å²) in [5, 5.41) is 2.47. The molecule has 1 atom stereocenters. The maximum absolute atomic E-state index is 13.2. The van der Waals surface area contributed by atoms with Crippen LogP contribution >= 0.6 is 0 Å². The Balaban J connectivity index is 2.63. The van der Waals surface area contributed by atoms with Crippen molar-refractivity contribution >= 4 is 5.91 Å². The van der Waals surface area contributed by atoms with Gasteiger partial charge in [-0.15, -0.1) is 0 Å². The van der Waals surface area contributed by atoms with Crippen molar-refractivity contribution in [1.82, 2.24) is 5.32 Å². The normalized spacial score (nSPS) is 12.2. The highest BCUT2D eigenvalue weighted by atomic mass is 19.2. The van der Waals surface area contributed by atoms with Gasteiger partial charge < -0.3 is 11.1 Å². The molecular weight excluding hydrogens is 214 g/mol. The highest BCUT2D eigenvalue weighted by Gasteiger charge is 2.14. The third kappa shape index (κ3) is 3.27. The zero-order valence-corrected chi connectivity index (χ0v) is 8.97. The van der Waals surface area contributed by atoms with Crippen LogP contribution in [0, 0.1) is 11.6 Å². The van der Waals surface area contributed by atoms with Crippen LogP contribution in [0.15, 0.2) is 18.2 Å². The van der Waals surface area contributed by atoms with Crippen molar-refractivity contribution in [1.29, 1.82) is 0 Å². The molecule has 0 aliphatic heterocycles. The van der Waals surface area contributed by atoms with Crippen molar-refractivity contribution in [2.45, 2.75) is 19.4 Å². The molecule has 1 aromatic rings. The highest BCUT2D eigenvalue weighted by Crippen LogP contribution is 2.10. The van der Waals surface area contributed by atoms with Crippen LogP contribution in [0.5, 0.6) is 0 Å². The number of amides is 1. The van der Waals surface area contributed by atoms with E-state index in [2.05, 4.69) is 5.32 Å². The first-order valence-electron chi connectivity index (χ1n) is 5.00. The van der Waals surface area contributed by atoms with Crippen LogP contribution in [0.4, 0.5) is 8.78 Å². The molecule has 0 aromatic heterocycles. The van der Waals surface area contributed by atoms with Crippen LogP contribution in [0.25, 0.3) is 0 Å². The smallest absolute Gasteiger partial charge is 0.254 e. The molecule has 0 radical (unpaired) electrons. The lowest BCUT2D eigenvalue weighted by atomic mass is 10.2. The molecule has 88 valence electrons. The molecule has 16 heavy (non-hydrogen) atoms. The summed E-state index contributed by atoms with van der Waals surface area (Å²) in [6.45, 7) is 2.14. The first-order valence-corrected chi connectivity index (χ1v) is 5.00. The summed E-state index contributed by atoms with van der Waals surface area (Å²) in [6, 6.07) is 3.45. The van der Waals surface area contributed by atoms with E-state index in [1.54, 1.807) is 6.92 Å². The minimum Gasteiger partial charge on any atom is -0.352 e. The standard InChI is InChI=1S/C11H14F2N2O/c1-7(14)5-6-15-11(16)8-3-2-4-9(12)10(8)13/h2-4,7H,5-6,14H2,1H3,(H,15,16). The Bertz CT molecular complexity index is 380. The average molecular weight is 228 g/mol. The third-order valence-electron chi connectivity index (χ3n) is 2.08. The van der Waals surface area contributed by atoms with Gasteiger partial charge in [-0.05, 0) is 25.5 Å². The molecule has 0 aliphatic carbocycles. The molecule has 0 bridgehead atoms. The second kappa shape index (κ2) is 5.55. The number of benzene rings is 1. The first-order chi connectivity index (χ1) is 7.52. The van der Waals surface area contributed by atoms with E-state index in [1.807, 2.05) is 0 Å². The minimum atomic E-state index is -1.12. The second-order valence-electron chi connectivity index (χ2n) is 3.62. The van der Waals surface area contributed by atoms with Crippen molar-refractivity contribution in [3.63, 3.8) is 0 Å². The largest absolute Gasteiger partial charge is 0.352 e. The average Bonchev–Trinajstić information content (AvgIpc) is 2.21. The summed E-state index contributed by atoms with van der Waals surface area (Å²) in [6.07, 6.45) is 0.586. The van der Waals surface area contributed by atoms with Gasteiger partial charge in [0.2, 0.25) is 0 Å². The van der Waals surface area contributed by atoms with E-state index in [0.717, 1.165) is 6.07 Å².